The number of piperidine rings is 1. The van der Waals surface area contributed by atoms with Crippen molar-refractivity contribution in [3.05, 3.63) is 29.6 Å². The zero-order chi connectivity index (χ0) is 17.6. The van der Waals surface area contributed by atoms with Crippen LogP contribution in [-0.4, -0.2) is 84.3 Å². The summed E-state index contributed by atoms with van der Waals surface area (Å²) in [6.07, 6.45) is 2.42. The standard InChI is InChI=1S/C20H34N4O/c1-17-5-3-6-20(21-17)15-24-13-18(11-19(14-24)16-25)12-23-8-4-7-22(2)9-10-23/h3,5-6,18-19,25H,4,7-16H2,1-2H3/t18-,19+/m0/s1. The lowest BCUT2D eigenvalue weighted by Gasteiger charge is -2.39. The molecule has 0 aromatic carbocycles. The number of aliphatic hydroxyl groups is 1. The molecule has 5 nitrogen and oxygen atoms in total. The first-order chi connectivity index (χ1) is 12.1. The van der Waals surface area contributed by atoms with Gasteiger partial charge in [0.1, 0.15) is 0 Å². The third-order valence-corrected chi connectivity index (χ3v) is 5.62. The molecule has 2 fully saturated rings. The summed E-state index contributed by atoms with van der Waals surface area (Å²) >= 11 is 0. The van der Waals surface area contributed by atoms with Gasteiger partial charge < -0.3 is 14.9 Å². The first-order valence-electron chi connectivity index (χ1n) is 9.79. The number of hydrogen-bond donors (Lipinski definition) is 1. The first kappa shape index (κ1) is 18.8. The van der Waals surface area contributed by atoms with Crippen LogP contribution in [0.3, 0.4) is 0 Å². The number of aryl methyl sites for hydroxylation is 1. The Balaban J connectivity index is 1.58. The Morgan fingerprint density at radius 3 is 2.72 bits per heavy atom. The van der Waals surface area contributed by atoms with Gasteiger partial charge in [-0.3, -0.25) is 9.88 Å². The minimum Gasteiger partial charge on any atom is -0.396 e. The summed E-state index contributed by atoms with van der Waals surface area (Å²) < 4.78 is 0. The topological polar surface area (TPSA) is 42.8 Å². The van der Waals surface area contributed by atoms with Crippen LogP contribution in [-0.2, 0) is 6.54 Å². The second-order valence-electron chi connectivity index (χ2n) is 8.07. The minimum absolute atomic E-state index is 0.303. The van der Waals surface area contributed by atoms with E-state index in [1.165, 1.54) is 39.1 Å². The molecule has 0 aliphatic carbocycles. The second-order valence-corrected chi connectivity index (χ2v) is 8.07. The van der Waals surface area contributed by atoms with E-state index in [4.69, 9.17) is 0 Å². The summed E-state index contributed by atoms with van der Waals surface area (Å²) in [6.45, 7) is 11.3. The molecule has 2 aliphatic heterocycles. The van der Waals surface area contributed by atoms with Gasteiger partial charge in [-0.1, -0.05) is 6.07 Å². The van der Waals surface area contributed by atoms with Gasteiger partial charge in [0, 0.05) is 51.6 Å². The Kier molecular flexibility index (Phi) is 6.82. The van der Waals surface area contributed by atoms with Crippen LogP contribution < -0.4 is 0 Å². The van der Waals surface area contributed by atoms with Crippen LogP contribution in [0.2, 0.25) is 0 Å². The van der Waals surface area contributed by atoms with Gasteiger partial charge in [0.2, 0.25) is 0 Å². The van der Waals surface area contributed by atoms with Crippen molar-refractivity contribution < 1.29 is 5.11 Å². The molecule has 1 N–H and O–H groups in total. The van der Waals surface area contributed by atoms with Crippen molar-refractivity contribution in [2.75, 3.05) is 59.5 Å². The quantitative estimate of drug-likeness (QED) is 0.874. The van der Waals surface area contributed by atoms with Gasteiger partial charge in [0.15, 0.2) is 0 Å². The lowest BCUT2D eigenvalue weighted by molar-refractivity contribution is 0.0620. The summed E-state index contributed by atoms with van der Waals surface area (Å²) in [5, 5.41) is 9.76. The summed E-state index contributed by atoms with van der Waals surface area (Å²) in [7, 11) is 2.22. The number of pyridine rings is 1. The zero-order valence-corrected chi connectivity index (χ0v) is 15.9. The van der Waals surface area contributed by atoms with Gasteiger partial charge >= 0.3 is 0 Å². The van der Waals surface area contributed by atoms with E-state index < -0.39 is 0 Å². The van der Waals surface area contributed by atoms with Gasteiger partial charge in [0.05, 0.1) is 5.69 Å². The number of aliphatic hydroxyl groups excluding tert-OH is 1. The van der Waals surface area contributed by atoms with E-state index in [2.05, 4.69) is 51.9 Å². The van der Waals surface area contributed by atoms with Crippen molar-refractivity contribution in [1.29, 1.82) is 0 Å². The SMILES string of the molecule is Cc1cccc(CN2C[C@H](CO)C[C@@H](CN3CCCN(C)CC3)C2)n1. The highest BCUT2D eigenvalue weighted by molar-refractivity contribution is 5.10. The van der Waals surface area contributed by atoms with Crippen molar-refractivity contribution in [3.63, 3.8) is 0 Å². The van der Waals surface area contributed by atoms with Crippen molar-refractivity contribution in [2.24, 2.45) is 11.8 Å². The minimum atomic E-state index is 0.303. The van der Waals surface area contributed by atoms with Crippen LogP contribution in [0.4, 0.5) is 0 Å². The number of hydrogen-bond acceptors (Lipinski definition) is 5. The highest BCUT2D eigenvalue weighted by atomic mass is 16.3. The molecule has 140 valence electrons. The van der Waals surface area contributed by atoms with Crippen LogP contribution in [0.25, 0.3) is 0 Å². The van der Waals surface area contributed by atoms with Gasteiger partial charge in [-0.05, 0) is 63.9 Å². The average Bonchev–Trinajstić information content (AvgIpc) is 2.79. The zero-order valence-electron chi connectivity index (χ0n) is 15.9. The van der Waals surface area contributed by atoms with E-state index in [9.17, 15) is 5.11 Å². The van der Waals surface area contributed by atoms with E-state index in [-0.39, 0.29) is 0 Å². The third-order valence-electron chi connectivity index (χ3n) is 5.62. The number of likely N-dealkylation sites (tertiary alicyclic amines) is 1. The predicted molar refractivity (Wildman–Crippen MR) is 101 cm³/mol. The molecule has 1 aromatic rings. The fourth-order valence-electron chi connectivity index (χ4n) is 4.38. The molecule has 2 saturated heterocycles. The number of rotatable bonds is 5. The van der Waals surface area contributed by atoms with Crippen LogP contribution in [0.15, 0.2) is 18.2 Å². The molecule has 0 radical (unpaired) electrons. The van der Waals surface area contributed by atoms with Crippen molar-refractivity contribution in [3.8, 4) is 0 Å². The second kappa shape index (κ2) is 9.08. The number of aromatic nitrogens is 1. The summed E-state index contributed by atoms with van der Waals surface area (Å²) in [6, 6.07) is 6.26. The Hall–Kier alpha value is -1.01. The largest absolute Gasteiger partial charge is 0.396 e. The van der Waals surface area contributed by atoms with E-state index in [1.807, 2.05) is 0 Å². The fraction of sp³-hybridized carbons (Fsp3) is 0.750. The maximum atomic E-state index is 9.76. The number of nitrogens with zero attached hydrogens (tertiary/aromatic N) is 4. The molecule has 0 amide bonds. The molecule has 0 spiro atoms. The van der Waals surface area contributed by atoms with Gasteiger partial charge in [0.25, 0.3) is 0 Å². The lowest BCUT2D eigenvalue weighted by atomic mass is 9.89. The van der Waals surface area contributed by atoms with Crippen LogP contribution >= 0.6 is 0 Å². The van der Waals surface area contributed by atoms with Gasteiger partial charge in [-0.25, -0.2) is 0 Å². The molecule has 25 heavy (non-hydrogen) atoms. The number of likely N-dealkylation sites (N-methyl/N-ethyl adjacent to an activating group) is 1. The molecule has 0 saturated carbocycles. The van der Waals surface area contributed by atoms with Crippen molar-refractivity contribution in [2.45, 2.75) is 26.3 Å². The van der Waals surface area contributed by atoms with E-state index in [1.54, 1.807) is 0 Å². The summed E-state index contributed by atoms with van der Waals surface area (Å²) in [5.74, 6) is 1.05. The van der Waals surface area contributed by atoms with Crippen LogP contribution in [0.1, 0.15) is 24.2 Å². The van der Waals surface area contributed by atoms with Gasteiger partial charge in [-0.15, -0.1) is 0 Å². The molecule has 1 aromatic heterocycles. The third kappa shape index (κ3) is 5.74. The monoisotopic (exact) mass is 346 g/mol. The predicted octanol–water partition coefficient (Wildman–Crippen LogP) is 1.46. The Morgan fingerprint density at radius 1 is 1.08 bits per heavy atom. The van der Waals surface area contributed by atoms with E-state index in [0.29, 0.717) is 18.4 Å². The van der Waals surface area contributed by atoms with Crippen molar-refractivity contribution in [1.82, 2.24) is 19.7 Å². The maximum absolute atomic E-state index is 9.76. The Labute approximate surface area is 152 Å². The average molecular weight is 347 g/mol. The molecule has 5 heteroatoms. The molecule has 3 heterocycles. The van der Waals surface area contributed by atoms with Gasteiger partial charge in [-0.2, -0.15) is 0 Å². The first-order valence-corrected chi connectivity index (χ1v) is 9.79. The fourth-order valence-corrected chi connectivity index (χ4v) is 4.38. The lowest BCUT2D eigenvalue weighted by Crippen LogP contribution is -2.45. The van der Waals surface area contributed by atoms with Crippen LogP contribution in [0.5, 0.6) is 0 Å². The molecule has 3 rings (SSSR count). The molecule has 0 unspecified atom stereocenters. The molecule has 2 aliphatic rings. The molecule has 2 atom stereocenters. The van der Waals surface area contributed by atoms with Crippen molar-refractivity contribution >= 4 is 0 Å². The molecular formula is C20H34N4O. The smallest absolute Gasteiger partial charge is 0.0547 e. The Bertz CT molecular complexity index is 538. The maximum Gasteiger partial charge on any atom is 0.0547 e. The molecular weight excluding hydrogens is 312 g/mol. The molecule has 0 bridgehead atoms. The van der Waals surface area contributed by atoms with E-state index in [0.717, 1.165) is 37.4 Å². The Morgan fingerprint density at radius 2 is 1.92 bits per heavy atom. The summed E-state index contributed by atoms with van der Waals surface area (Å²) in [4.78, 5) is 12.2. The van der Waals surface area contributed by atoms with E-state index >= 15 is 0 Å². The summed E-state index contributed by atoms with van der Waals surface area (Å²) in [5.41, 5.74) is 2.23. The highest BCUT2D eigenvalue weighted by Crippen LogP contribution is 2.24. The highest BCUT2D eigenvalue weighted by Gasteiger charge is 2.28. The van der Waals surface area contributed by atoms with Crippen LogP contribution in [0, 0.1) is 18.8 Å². The normalized spacial score (nSPS) is 27.3.